The summed E-state index contributed by atoms with van der Waals surface area (Å²) in [5.74, 6) is 2.40. The van der Waals surface area contributed by atoms with Gasteiger partial charge in [-0.25, -0.2) is 0 Å². The van der Waals surface area contributed by atoms with Crippen molar-refractivity contribution in [3.8, 4) is 6.07 Å². The Morgan fingerprint density at radius 2 is 0.804 bits per heavy atom. The minimum Gasteiger partial charge on any atom is -0.318 e. The molecule has 1 atom stereocenters. The third-order valence-corrected chi connectivity index (χ3v) is 10.6. The van der Waals surface area contributed by atoms with Crippen molar-refractivity contribution in [1.29, 1.82) is 5.26 Å². The van der Waals surface area contributed by atoms with Crippen LogP contribution < -0.4 is 5.32 Å². The summed E-state index contributed by atoms with van der Waals surface area (Å²) in [4.78, 5) is 0. The van der Waals surface area contributed by atoms with Gasteiger partial charge in [0.2, 0.25) is 0 Å². The fourth-order valence-corrected chi connectivity index (χ4v) is 7.18. The molecule has 0 aromatic heterocycles. The molecule has 1 aliphatic carbocycles. The Bertz CT molecular complexity index is 575. The van der Waals surface area contributed by atoms with Crippen molar-refractivity contribution in [2.24, 2.45) is 17.8 Å². The van der Waals surface area contributed by atoms with E-state index < -0.39 is 0 Å². The van der Waals surface area contributed by atoms with Crippen molar-refractivity contribution in [2.45, 2.75) is 245 Å². The van der Waals surface area contributed by atoms with Crippen molar-refractivity contribution in [3.05, 3.63) is 0 Å². The number of hydrogen-bond donors (Lipinski definition) is 1. The largest absolute Gasteiger partial charge is 0.318 e. The Morgan fingerprint density at radius 3 is 1.13 bits per heavy atom. The molecule has 1 N–H and O–H groups in total. The molecule has 2 heteroatoms. The van der Waals surface area contributed by atoms with Gasteiger partial charge >= 0.3 is 0 Å². The summed E-state index contributed by atoms with van der Waals surface area (Å²) < 4.78 is 0. The number of rotatable bonds is 36. The minimum atomic E-state index is 0.212. The van der Waals surface area contributed by atoms with Gasteiger partial charge in [0.05, 0.1) is 12.0 Å². The van der Waals surface area contributed by atoms with Gasteiger partial charge in [-0.2, -0.15) is 5.26 Å². The van der Waals surface area contributed by atoms with E-state index in [9.17, 15) is 0 Å². The van der Waals surface area contributed by atoms with E-state index in [-0.39, 0.29) is 5.92 Å². The molecule has 0 spiro atoms. The monoisotopic (exact) mass is 645 g/mol. The van der Waals surface area contributed by atoms with E-state index in [1.165, 1.54) is 199 Å². The standard InChI is InChI=1S/C28H56.C16H32N2/c1-3-5-7-9-13-17-21-27(22-18-14-10-8-6-4-2)23-19-15-11-12-16-20-24-28-25-26-28;1-3-4-5-6-7-8-9-10-11-12-13-16(14-17)15-18-2/h27-28H,3-26H2,1-2H3;16,18H,3-13,15H2,1-2H3. The average molecular weight is 645 g/mol. The summed E-state index contributed by atoms with van der Waals surface area (Å²) in [7, 11) is 1.92. The Morgan fingerprint density at radius 1 is 0.478 bits per heavy atom. The first-order valence-electron chi connectivity index (χ1n) is 21.8. The lowest BCUT2D eigenvalue weighted by molar-refractivity contribution is 0.365. The molecule has 0 amide bonds. The van der Waals surface area contributed by atoms with Gasteiger partial charge in [-0.05, 0) is 25.3 Å². The number of nitrogens with zero attached hydrogens (tertiary/aromatic N) is 1. The summed E-state index contributed by atoms with van der Waals surface area (Å²) in [5.41, 5.74) is 0. The van der Waals surface area contributed by atoms with E-state index in [0.717, 1.165) is 24.8 Å². The second-order valence-electron chi connectivity index (χ2n) is 15.5. The smallest absolute Gasteiger partial charge is 0.0669 e. The number of hydrogen-bond acceptors (Lipinski definition) is 2. The SMILES string of the molecule is CCCCCCCCC(CCCCCCCC)CCCCCCCCC1CC1.CCCCCCCCCCCCC(C#N)CNC. The maximum absolute atomic E-state index is 8.91. The third-order valence-electron chi connectivity index (χ3n) is 10.6. The highest BCUT2D eigenvalue weighted by atomic mass is 14.8. The Hall–Kier alpha value is -0.550. The normalized spacial score (nSPS) is 13.5. The van der Waals surface area contributed by atoms with Crippen molar-refractivity contribution in [3.63, 3.8) is 0 Å². The molecule has 1 rings (SSSR count). The Labute approximate surface area is 292 Å². The zero-order valence-corrected chi connectivity index (χ0v) is 32.6. The molecule has 0 radical (unpaired) electrons. The highest BCUT2D eigenvalue weighted by Gasteiger charge is 2.19. The minimum absolute atomic E-state index is 0.212. The summed E-state index contributed by atoms with van der Waals surface area (Å²) >= 11 is 0. The fourth-order valence-electron chi connectivity index (χ4n) is 7.18. The Kier molecular flexibility index (Phi) is 38.4. The zero-order chi connectivity index (χ0) is 33.6. The van der Waals surface area contributed by atoms with Crippen LogP contribution in [0.15, 0.2) is 0 Å². The molecular weight excluding hydrogens is 556 g/mol. The van der Waals surface area contributed by atoms with Crippen molar-refractivity contribution in [1.82, 2.24) is 5.32 Å². The van der Waals surface area contributed by atoms with Crippen LogP contribution in [0.5, 0.6) is 0 Å². The van der Waals surface area contributed by atoms with Crippen molar-refractivity contribution in [2.75, 3.05) is 13.6 Å². The lowest BCUT2D eigenvalue weighted by Gasteiger charge is -2.17. The van der Waals surface area contributed by atoms with Crippen molar-refractivity contribution < 1.29 is 0 Å². The van der Waals surface area contributed by atoms with Crippen LogP contribution in [-0.2, 0) is 0 Å². The predicted molar refractivity (Wildman–Crippen MR) is 209 cm³/mol. The zero-order valence-electron chi connectivity index (χ0n) is 32.6. The fraction of sp³-hybridized carbons (Fsp3) is 0.977. The first kappa shape index (κ1) is 45.5. The molecule has 0 saturated heterocycles. The van der Waals surface area contributed by atoms with Gasteiger partial charge in [0.25, 0.3) is 0 Å². The van der Waals surface area contributed by atoms with E-state index >= 15 is 0 Å². The van der Waals surface area contributed by atoms with Crippen LogP contribution in [-0.4, -0.2) is 13.6 Å². The van der Waals surface area contributed by atoms with E-state index in [2.05, 4.69) is 32.2 Å². The van der Waals surface area contributed by atoms with Gasteiger partial charge in [0, 0.05) is 6.54 Å². The maximum atomic E-state index is 8.91. The maximum Gasteiger partial charge on any atom is 0.0669 e. The number of nitrogens with one attached hydrogen (secondary N) is 1. The van der Waals surface area contributed by atoms with Crippen LogP contribution in [0.25, 0.3) is 0 Å². The molecule has 1 saturated carbocycles. The topological polar surface area (TPSA) is 35.8 Å². The van der Waals surface area contributed by atoms with Gasteiger partial charge in [-0.15, -0.1) is 0 Å². The summed E-state index contributed by atoms with van der Waals surface area (Å²) in [5, 5.41) is 12.0. The quantitative estimate of drug-likeness (QED) is 0.0689. The summed E-state index contributed by atoms with van der Waals surface area (Å²) in [6.45, 7) is 7.75. The molecule has 0 aromatic rings. The van der Waals surface area contributed by atoms with Crippen molar-refractivity contribution >= 4 is 0 Å². The molecule has 274 valence electrons. The van der Waals surface area contributed by atoms with Crippen LogP contribution >= 0.6 is 0 Å². The molecule has 2 nitrogen and oxygen atoms in total. The third kappa shape index (κ3) is 36.3. The van der Waals surface area contributed by atoms with Gasteiger partial charge in [-0.1, -0.05) is 239 Å². The van der Waals surface area contributed by atoms with Crippen LogP contribution in [0, 0.1) is 29.1 Å². The van der Waals surface area contributed by atoms with Gasteiger partial charge in [0.15, 0.2) is 0 Å². The second-order valence-corrected chi connectivity index (χ2v) is 15.5. The van der Waals surface area contributed by atoms with Crippen LogP contribution in [0.3, 0.4) is 0 Å². The molecule has 46 heavy (non-hydrogen) atoms. The van der Waals surface area contributed by atoms with E-state index in [1.807, 2.05) is 7.05 Å². The molecule has 1 unspecified atom stereocenters. The molecule has 0 bridgehead atoms. The Balaban J connectivity index is 0.000000973. The van der Waals surface area contributed by atoms with E-state index in [0.29, 0.717) is 0 Å². The van der Waals surface area contributed by atoms with Gasteiger partial charge in [-0.3, -0.25) is 0 Å². The van der Waals surface area contributed by atoms with Gasteiger partial charge < -0.3 is 5.32 Å². The summed E-state index contributed by atoms with van der Waals surface area (Å²) in [6, 6.07) is 2.37. The van der Waals surface area contributed by atoms with Crippen LogP contribution in [0.1, 0.15) is 245 Å². The average Bonchev–Trinajstić information content (AvgIpc) is 3.90. The van der Waals surface area contributed by atoms with Crippen LogP contribution in [0.2, 0.25) is 0 Å². The number of unbranched alkanes of at least 4 members (excludes halogenated alkanes) is 24. The molecule has 0 aliphatic heterocycles. The second kappa shape index (κ2) is 38.9. The van der Waals surface area contributed by atoms with Crippen LogP contribution in [0.4, 0.5) is 0 Å². The molecule has 0 aromatic carbocycles. The molecule has 1 aliphatic rings. The highest BCUT2D eigenvalue weighted by Crippen LogP contribution is 2.34. The van der Waals surface area contributed by atoms with Gasteiger partial charge in [0.1, 0.15) is 0 Å². The highest BCUT2D eigenvalue weighted by molar-refractivity contribution is 4.83. The first-order valence-corrected chi connectivity index (χ1v) is 21.8. The number of nitriles is 1. The molecular formula is C44H88N2. The first-order chi connectivity index (χ1) is 22.7. The van der Waals surface area contributed by atoms with E-state index in [4.69, 9.17) is 5.26 Å². The lowest BCUT2D eigenvalue weighted by atomic mass is 9.89. The molecule has 0 heterocycles. The lowest BCUT2D eigenvalue weighted by Crippen LogP contribution is -2.17. The molecule has 1 fully saturated rings. The summed E-state index contributed by atoms with van der Waals surface area (Å²) in [6.07, 6.45) is 50.6. The predicted octanol–water partition coefficient (Wildman–Crippen LogP) is 15.3. The van der Waals surface area contributed by atoms with E-state index in [1.54, 1.807) is 19.3 Å².